The lowest BCUT2D eigenvalue weighted by atomic mass is 10.3. The summed E-state index contributed by atoms with van der Waals surface area (Å²) in [7, 11) is -3.74. The molecule has 0 N–H and O–H groups in total. The van der Waals surface area contributed by atoms with Crippen LogP contribution in [0.3, 0.4) is 0 Å². The SMILES string of the molecule is CCS(=O)(=O)Oc1cc(F)cc(F)c1. The van der Waals surface area contributed by atoms with Crippen LogP contribution in [0.15, 0.2) is 18.2 Å². The molecule has 6 heteroatoms. The van der Waals surface area contributed by atoms with Crippen LogP contribution in [0.2, 0.25) is 0 Å². The summed E-state index contributed by atoms with van der Waals surface area (Å²) in [6.07, 6.45) is 0. The van der Waals surface area contributed by atoms with Crippen LogP contribution >= 0.6 is 0 Å². The molecular formula is C8H8F2O3S. The zero-order chi connectivity index (χ0) is 10.8. The third-order valence-corrected chi connectivity index (χ3v) is 2.57. The summed E-state index contributed by atoms with van der Waals surface area (Å²) in [4.78, 5) is 0. The lowest BCUT2D eigenvalue weighted by molar-refractivity contribution is 0.480. The van der Waals surface area contributed by atoms with Crippen molar-refractivity contribution in [3.63, 3.8) is 0 Å². The molecule has 3 nitrogen and oxygen atoms in total. The Balaban J connectivity index is 2.98. The third-order valence-electron chi connectivity index (χ3n) is 1.41. The Morgan fingerprint density at radius 1 is 1.21 bits per heavy atom. The molecule has 0 spiro atoms. The predicted octanol–water partition coefficient (Wildman–Crippen LogP) is 1.69. The molecule has 0 atom stereocenters. The standard InChI is InChI=1S/C8H8F2O3S/c1-2-14(11,12)13-8-4-6(9)3-7(10)5-8/h3-5H,2H2,1H3. The third kappa shape index (κ3) is 2.95. The quantitative estimate of drug-likeness (QED) is 0.731. The number of hydrogen-bond donors (Lipinski definition) is 0. The summed E-state index contributed by atoms with van der Waals surface area (Å²) in [5, 5.41) is 0. The zero-order valence-electron chi connectivity index (χ0n) is 7.33. The van der Waals surface area contributed by atoms with Crippen molar-refractivity contribution in [1.29, 1.82) is 0 Å². The van der Waals surface area contributed by atoms with Crippen molar-refractivity contribution in [2.24, 2.45) is 0 Å². The van der Waals surface area contributed by atoms with Crippen LogP contribution in [0, 0.1) is 11.6 Å². The Hall–Kier alpha value is -1.17. The van der Waals surface area contributed by atoms with E-state index in [4.69, 9.17) is 0 Å². The number of benzene rings is 1. The molecule has 1 aromatic carbocycles. The fourth-order valence-electron chi connectivity index (χ4n) is 0.782. The molecule has 0 radical (unpaired) electrons. The van der Waals surface area contributed by atoms with E-state index in [1.54, 1.807) is 0 Å². The fraction of sp³-hybridized carbons (Fsp3) is 0.250. The summed E-state index contributed by atoms with van der Waals surface area (Å²) >= 11 is 0. The predicted molar refractivity (Wildman–Crippen MR) is 46.4 cm³/mol. The van der Waals surface area contributed by atoms with Crippen LogP contribution in [0.4, 0.5) is 8.78 Å². The summed E-state index contributed by atoms with van der Waals surface area (Å²) < 4.78 is 51.4. The lowest BCUT2D eigenvalue weighted by Gasteiger charge is -2.04. The maximum absolute atomic E-state index is 12.6. The highest BCUT2D eigenvalue weighted by atomic mass is 32.2. The molecule has 0 fully saturated rings. The van der Waals surface area contributed by atoms with Gasteiger partial charge in [0.2, 0.25) is 0 Å². The molecule has 0 heterocycles. The second-order valence-electron chi connectivity index (χ2n) is 2.53. The van der Waals surface area contributed by atoms with Crippen LogP contribution in [-0.4, -0.2) is 14.2 Å². The number of hydrogen-bond acceptors (Lipinski definition) is 3. The molecule has 1 aromatic rings. The van der Waals surface area contributed by atoms with Crippen LogP contribution < -0.4 is 4.18 Å². The highest BCUT2D eigenvalue weighted by molar-refractivity contribution is 7.87. The fourth-order valence-corrected chi connectivity index (χ4v) is 1.29. The van der Waals surface area contributed by atoms with Gasteiger partial charge in [0.15, 0.2) is 0 Å². The van der Waals surface area contributed by atoms with E-state index in [2.05, 4.69) is 4.18 Å². The van der Waals surface area contributed by atoms with Gasteiger partial charge in [-0.1, -0.05) is 0 Å². The molecule has 0 unspecified atom stereocenters. The largest absolute Gasteiger partial charge is 0.382 e. The Kier molecular flexibility index (Phi) is 3.05. The monoisotopic (exact) mass is 222 g/mol. The molecule has 0 aromatic heterocycles. The van der Waals surface area contributed by atoms with Gasteiger partial charge in [0.1, 0.15) is 17.4 Å². The Morgan fingerprint density at radius 2 is 1.71 bits per heavy atom. The van der Waals surface area contributed by atoms with E-state index >= 15 is 0 Å². The average Bonchev–Trinajstić information content (AvgIpc) is 2.01. The smallest absolute Gasteiger partial charge is 0.308 e. The molecule has 78 valence electrons. The number of rotatable bonds is 3. The van der Waals surface area contributed by atoms with Gasteiger partial charge in [-0.3, -0.25) is 0 Å². The second-order valence-corrected chi connectivity index (χ2v) is 4.39. The van der Waals surface area contributed by atoms with E-state index in [0.29, 0.717) is 6.07 Å². The highest BCUT2D eigenvalue weighted by Crippen LogP contribution is 2.17. The van der Waals surface area contributed by atoms with Crippen molar-refractivity contribution in [2.75, 3.05) is 5.75 Å². The lowest BCUT2D eigenvalue weighted by Crippen LogP contribution is -2.11. The molecule has 0 amide bonds. The van der Waals surface area contributed by atoms with Crippen molar-refractivity contribution >= 4 is 10.1 Å². The van der Waals surface area contributed by atoms with Gasteiger partial charge in [-0.25, -0.2) is 8.78 Å². The number of halogens is 2. The molecule has 0 aliphatic rings. The van der Waals surface area contributed by atoms with Gasteiger partial charge in [-0.2, -0.15) is 8.42 Å². The first kappa shape index (κ1) is 10.9. The van der Waals surface area contributed by atoms with E-state index in [9.17, 15) is 17.2 Å². The topological polar surface area (TPSA) is 43.4 Å². The van der Waals surface area contributed by atoms with Crippen molar-refractivity contribution in [3.8, 4) is 5.75 Å². The van der Waals surface area contributed by atoms with Crippen LogP contribution in [-0.2, 0) is 10.1 Å². The minimum absolute atomic E-state index is 0.259. The first-order valence-corrected chi connectivity index (χ1v) is 5.39. The van der Waals surface area contributed by atoms with Gasteiger partial charge in [-0.05, 0) is 6.92 Å². The van der Waals surface area contributed by atoms with Gasteiger partial charge in [-0.15, -0.1) is 0 Å². The Morgan fingerprint density at radius 3 is 2.14 bits per heavy atom. The summed E-state index contributed by atoms with van der Waals surface area (Å²) in [5.41, 5.74) is 0. The zero-order valence-corrected chi connectivity index (χ0v) is 8.14. The highest BCUT2D eigenvalue weighted by Gasteiger charge is 2.10. The minimum Gasteiger partial charge on any atom is -0.382 e. The summed E-state index contributed by atoms with van der Waals surface area (Å²) in [5.74, 6) is -2.38. The molecule has 14 heavy (non-hydrogen) atoms. The summed E-state index contributed by atoms with van der Waals surface area (Å²) in [6, 6.07) is 2.23. The molecule has 0 aliphatic carbocycles. The summed E-state index contributed by atoms with van der Waals surface area (Å²) in [6.45, 7) is 1.37. The second kappa shape index (κ2) is 3.91. The van der Waals surface area contributed by atoms with Gasteiger partial charge in [0.25, 0.3) is 0 Å². The van der Waals surface area contributed by atoms with Crippen LogP contribution in [0.25, 0.3) is 0 Å². The van der Waals surface area contributed by atoms with Crippen LogP contribution in [0.5, 0.6) is 5.75 Å². The van der Waals surface area contributed by atoms with E-state index in [1.807, 2.05) is 0 Å². The van der Waals surface area contributed by atoms with E-state index in [1.165, 1.54) is 6.92 Å². The van der Waals surface area contributed by atoms with Crippen molar-refractivity contribution in [2.45, 2.75) is 6.92 Å². The van der Waals surface area contributed by atoms with E-state index in [-0.39, 0.29) is 11.5 Å². The maximum atomic E-state index is 12.6. The Bertz CT molecular complexity index is 408. The van der Waals surface area contributed by atoms with E-state index < -0.39 is 21.8 Å². The maximum Gasteiger partial charge on any atom is 0.308 e. The van der Waals surface area contributed by atoms with Crippen molar-refractivity contribution < 1.29 is 21.4 Å². The molecule has 0 aliphatic heterocycles. The first-order valence-electron chi connectivity index (χ1n) is 3.81. The van der Waals surface area contributed by atoms with E-state index in [0.717, 1.165) is 12.1 Å². The molecule has 0 saturated heterocycles. The van der Waals surface area contributed by atoms with Crippen molar-refractivity contribution in [3.05, 3.63) is 29.8 Å². The minimum atomic E-state index is -3.74. The van der Waals surface area contributed by atoms with Crippen LogP contribution in [0.1, 0.15) is 6.92 Å². The molecular weight excluding hydrogens is 214 g/mol. The average molecular weight is 222 g/mol. The molecule has 0 bridgehead atoms. The van der Waals surface area contributed by atoms with Gasteiger partial charge >= 0.3 is 10.1 Å². The normalized spacial score (nSPS) is 11.4. The molecule has 1 rings (SSSR count). The first-order chi connectivity index (χ1) is 6.43. The van der Waals surface area contributed by atoms with Crippen molar-refractivity contribution in [1.82, 2.24) is 0 Å². The van der Waals surface area contributed by atoms with Gasteiger partial charge in [0.05, 0.1) is 5.75 Å². The molecule has 0 saturated carbocycles. The Labute approximate surface area is 80.4 Å². The van der Waals surface area contributed by atoms with Gasteiger partial charge < -0.3 is 4.18 Å². The van der Waals surface area contributed by atoms with Gasteiger partial charge in [0, 0.05) is 18.2 Å².